The van der Waals surface area contributed by atoms with Crippen molar-refractivity contribution < 1.29 is 27.6 Å². The zero-order valence-corrected chi connectivity index (χ0v) is 9.16. The standard InChI is InChI=1S/C8H14O6S/c1-2-3-4-14-8(10)7(5-9)6-15(11,12)13/h6,9H,2-5H2,1H3,(H,11,12,13)/b7-6+. The van der Waals surface area contributed by atoms with Crippen molar-refractivity contribution in [1.82, 2.24) is 0 Å². The molecule has 0 aliphatic carbocycles. The van der Waals surface area contributed by atoms with E-state index in [2.05, 4.69) is 4.74 Å². The minimum Gasteiger partial charge on any atom is -0.462 e. The minimum absolute atomic E-state index is 0.151. The average Bonchev–Trinajstić information content (AvgIpc) is 2.13. The Labute approximate surface area is 88.3 Å². The van der Waals surface area contributed by atoms with Crippen LogP contribution in [0.15, 0.2) is 11.0 Å². The third-order valence-corrected chi connectivity index (χ3v) is 2.04. The first-order valence-electron chi connectivity index (χ1n) is 4.36. The summed E-state index contributed by atoms with van der Waals surface area (Å²) < 4.78 is 33.8. The van der Waals surface area contributed by atoms with Crippen LogP contribution < -0.4 is 0 Å². The quantitative estimate of drug-likeness (QED) is 0.294. The molecule has 0 saturated carbocycles. The van der Waals surface area contributed by atoms with Crippen LogP contribution in [0.2, 0.25) is 0 Å². The Morgan fingerprint density at radius 2 is 2.07 bits per heavy atom. The number of rotatable bonds is 6. The fourth-order valence-electron chi connectivity index (χ4n) is 0.732. The van der Waals surface area contributed by atoms with Crippen LogP contribution in [0, 0.1) is 0 Å². The average molecular weight is 238 g/mol. The van der Waals surface area contributed by atoms with Crippen molar-refractivity contribution in [2.24, 2.45) is 0 Å². The van der Waals surface area contributed by atoms with Gasteiger partial charge in [0, 0.05) is 0 Å². The molecule has 6 nitrogen and oxygen atoms in total. The van der Waals surface area contributed by atoms with Gasteiger partial charge in [0.1, 0.15) is 0 Å². The molecule has 0 amide bonds. The summed E-state index contributed by atoms with van der Waals surface area (Å²) in [5.74, 6) is -0.941. The molecule has 0 atom stereocenters. The van der Waals surface area contributed by atoms with Gasteiger partial charge in [-0.3, -0.25) is 4.55 Å². The third-order valence-electron chi connectivity index (χ3n) is 1.45. The van der Waals surface area contributed by atoms with Gasteiger partial charge in [-0.2, -0.15) is 8.42 Å². The first-order chi connectivity index (χ1) is 6.90. The summed E-state index contributed by atoms with van der Waals surface area (Å²) >= 11 is 0. The van der Waals surface area contributed by atoms with Crippen LogP contribution in [-0.2, 0) is 19.6 Å². The lowest BCUT2D eigenvalue weighted by molar-refractivity contribution is -0.139. The number of aliphatic hydroxyl groups excluding tert-OH is 1. The van der Waals surface area contributed by atoms with Gasteiger partial charge >= 0.3 is 5.97 Å². The largest absolute Gasteiger partial charge is 0.462 e. The van der Waals surface area contributed by atoms with Gasteiger partial charge in [-0.15, -0.1) is 0 Å². The van der Waals surface area contributed by atoms with E-state index in [1.165, 1.54) is 0 Å². The predicted octanol–water partition coefficient (Wildman–Crippen LogP) is 0.0937. The summed E-state index contributed by atoms with van der Waals surface area (Å²) in [4.78, 5) is 11.1. The highest BCUT2D eigenvalue weighted by molar-refractivity contribution is 7.88. The molecule has 0 unspecified atom stereocenters. The van der Waals surface area contributed by atoms with Crippen molar-refractivity contribution in [1.29, 1.82) is 0 Å². The van der Waals surface area contributed by atoms with E-state index in [1.54, 1.807) is 0 Å². The Bertz CT molecular complexity index is 329. The van der Waals surface area contributed by atoms with Crippen molar-refractivity contribution in [3.05, 3.63) is 11.0 Å². The fraction of sp³-hybridized carbons (Fsp3) is 0.625. The van der Waals surface area contributed by atoms with Gasteiger partial charge in [0.2, 0.25) is 0 Å². The molecular weight excluding hydrogens is 224 g/mol. The molecule has 0 bridgehead atoms. The smallest absolute Gasteiger partial charge is 0.337 e. The maximum Gasteiger partial charge on any atom is 0.337 e. The molecule has 0 radical (unpaired) electrons. The van der Waals surface area contributed by atoms with Crippen molar-refractivity contribution in [3.63, 3.8) is 0 Å². The monoisotopic (exact) mass is 238 g/mol. The van der Waals surface area contributed by atoms with E-state index in [4.69, 9.17) is 9.66 Å². The first-order valence-corrected chi connectivity index (χ1v) is 5.87. The lowest BCUT2D eigenvalue weighted by Crippen LogP contribution is -2.13. The summed E-state index contributed by atoms with van der Waals surface area (Å²) in [5, 5.41) is 8.95. The maximum atomic E-state index is 11.1. The summed E-state index contributed by atoms with van der Waals surface area (Å²) in [7, 11) is -4.43. The summed E-state index contributed by atoms with van der Waals surface area (Å²) in [6.45, 7) is 1.25. The van der Waals surface area contributed by atoms with Crippen LogP contribution in [0.4, 0.5) is 0 Å². The van der Waals surface area contributed by atoms with Gasteiger partial charge in [-0.05, 0) is 6.42 Å². The Morgan fingerprint density at radius 1 is 1.47 bits per heavy atom. The lowest BCUT2D eigenvalue weighted by Gasteiger charge is -2.04. The van der Waals surface area contributed by atoms with Crippen molar-refractivity contribution >= 4 is 16.1 Å². The van der Waals surface area contributed by atoms with Gasteiger partial charge in [0.05, 0.1) is 24.2 Å². The van der Waals surface area contributed by atoms with E-state index in [0.717, 1.165) is 6.42 Å². The predicted molar refractivity (Wildman–Crippen MR) is 52.6 cm³/mol. The molecule has 15 heavy (non-hydrogen) atoms. The minimum atomic E-state index is -4.43. The number of hydrogen-bond donors (Lipinski definition) is 2. The van der Waals surface area contributed by atoms with E-state index >= 15 is 0 Å². The Morgan fingerprint density at radius 3 is 2.47 bits per heavy atom. The molecule has 0 aromatic heterocycles. The normalized spacial score (nSPS) is 12.6. The highest BCUT2D eigenvalue weighted by Gasteiger charge is 2.13. The van der Waals surface area contributed by atoms with Crippen molar-refractivity contribution in [2.75, 3.05) is 13.2 Å². The number of esters is 1. The van der Waals surface area contributed by atoms with Gasteiger partial charge in [-0.1, -0.05) is 13.3 Å². The van der Waals surface area contributed by atoms with Crippen LogP contribution in [0.1, 0.15) is 19.8 Å². The fourth-order valence-corrected chi connectivity index (χ4v) is 1.26. The third kappa shape index (κ3) is 7.06. The summed E-state index contributed by atoms with van der Waals surface area (Å²) in [6.07, 6.45) is 1.47. The van der Waals surface area contributed by atoms with E-state index in [0.29, 0.717) is 6.42 Å². The van der Waals surface area contributed by atoms with E-state index in [9.17, 15) is 13.2 Å². The van der Waals surface area contributed by atoms with E-state index in [1.807, 2.05) is 6.92 Å². The van der Waals surface area contributed by atoms with E-state index in [-0.39, 0.29) is 12.0 Å². The SMILES string of the molecule is CCCCOC(=O)/C(=C/S(=O)(=O)O)CO. The zero-order chi connectivity index (χ0) is 11.9. The van der Waals surface area contributed by atoms with Crippen LogP contribution in [0.5, 0.6) is 0 Å². The highest BCUT2D eigenvalue weighted by atomic mass is 32.2. The number of carbonyl (C=O) groups is 1. The molecule has 0 aromatic carbocycles. The molecule has 0 rings (SSSR count). The second-order valence-corrected chi connectivity index (χ2v) is 4.07. The highest BCUT2D eigenvalue weighted by Crippen LogP contribution is 2.01. The van der Waals surface area contributed by atoms with Crippen LogP contribution in [0.25, 0.3) is 0 Å². The van der Waals surface area contributed by atoms with Gasteiger partial charge in [0.25, 0.3) is 10.1 Å². The molecule has 88 valence electrons. The zero-order valence-electron chi connectivity index (χ0n) is 8.34. The molecule has 0 aliphatic heterocycles. The van der Waals surface area contributed by atoms with Crippen LogP contribution in [-0.4, -0.2) is 37.3 Å². The Balaban J connectivity index is 4.43. The number of aliphatic hydroxyl groups is 1. The molecule has 0 heterocycles. The van der Waals surface area contributed by atoms with Crippen molar-refractivity contribution in [3.8, 4) is 0 Å². The van der Waals surface area contributed by atoms with Gasteiger partial charge in [-0.25, -0.2) is 4.79 Å². The van der Waals surface area contributed by atoms with Gasteiger partial charge < -0.3 is 9.84 Å². The summed E-state index contributed by atoms with van der Waals surface area (Å²) in [5.41, 5.74) is -0.492. The first kappa shape index (κ1) is 14.1. The second-order valence-electron chi connectivity index (χ2n) is 2.81. The Kier molecular flexibility index (Phi) is 6.14. The second kappa shape index (κ2) is 6.54. The molecule has 0 spiro atoms. The number of ether oxygens (including phenoxy) is 1. The molecule has 2 N–H and O–H groups in total. The van der Waals surface area contributed by atoms with Crippen LogP contribution >= 0.6 is 0 Å². The number of hydrogen-bond acceptors (Lipinski definition) is 5. The maximum absolute atomic E-state index is 11.1. The summed E-state index contributed by atoms with van der Waals surface area (Å²) in [6, 6.07) is 0. The topological polar surface area (TPSA) is 101 Å². The molecule has 7 heteroatoms. The van der Waals surface area contributed by atoms with Crippen LogP contribution in [0.3, 0.4) is 0 Å². The van der Waals surface area contributed by atoms with Gasteiger partial charge in [0.15, 0.2) is 0 Å². The molecule has 0 saturated heterocycles. The number of carbonyl (C=O) groups excluding carboxylic acids is 1. The molecular formula is C8H14O6S. The lowest BCUT2D eigenvalue weighted by atomic mass is 10.3. The van der Waals surface area contributed by atoms with Crippen molar-refractivity contribution in [2.45, 2.75) is 19.8 Å². The number of unbranched alkanes of at least 4 members (excludes halogenated alkanes) is 1. The molecule has 0 fully saturated rings. The van der Waals surface area contributed by atoms with E-state index < -0.39 is 28.3 Å². The molecule has 0 aliphatic rings. The molecule has 0 aromatic rings. The Hall–Kier alpha value is -0.920.